The normalized spacial score (nSPS) is 11.2. The number of hydrogen-bond acceptors (Lipinski definition) is 6. The molecule has 0 aliphatic rings. The van der Waals surface area contributed by atoms with Crippen LogP contribution in [0.4, 0.5) is 8.78 Å². The quantitative estimate of drug-likeness (QED) is 0.183. The number of pyridine rings is 1. The molecule has 0 aliphatic heterocycles. The number of thioether (sulfide) groups is 2. The van der Waals surface area contributed by atoms with Crippen LogP contribution in [0.15, 0.2) is 58.7 Å². The van der Waals surface area contributed by atoms with Crippen molar-refractivity contribution in [2.75, 3.05) is 20.0 Å². The van der Waals surface area contributed by atoms with Crippen LogP contribution in [0.1, 0.15) is 24.1 Å². The van der Waals surface area contributed by atoms with Gasteiger partial charge in [0.05, 0.1) is 35.8 Å². The summed E-state index contributed by atoms with van der Waals surface area (Å²) in [6, 6.07) is 11.4. The Bertz CT molecular complexity index is 1270. The van der Waals surface area contributed by atoms with E-state index in [1.165, 1.54) is 12.1 Å². The number of benzene rings is 2. The maximum absolute atomic E-state index is 13.8. The first-order valence-electron chi connectivity index (χ1n) is 10.8. The molecule has 0 unspecified atom stereocenters. The van der Waals surface area contributed by atoms with Gasteiger partial charge >= 0.3 is 0 Å². The third kappa shape index (κ3) is 6.01. The molecule has 34 heavy (non-hydrogen) atoms. The molecule has 2 aromatic carbocycles. The van der Waals surface area contributed by atoms with E-state index >= 15 is 0 Å². The first-order valence-corrected chi connectivity index (χ1v) is 12.8. The summed E-state index contributed by atoms with van der Waals surface area (Å²) in [5.41, 5.74) is 3.21. The van der Waals surface area contributed by atoms with Gasteiger partial charge in [-0.1, -0.05) is 17.8 Å². The van der Waals surface area contributed by atoms with Gasteiger partial charge in [-0.15, -0.1) is 11.8 Å². The van der Waals surface area contributed by atoms with Crippen molar-refractivity contribution in [3.63, 3.8) is 0 Å². The Labute approximate surface area is 205 Å². The minimum atomic E-state index is -0.545. The Hall–Kier alpha value is -2.78. The minimum Gasteiger partial charge on any atom is -0.497 e. The predicted molar refractivity (Wildman–Crippen MR) is 133 cm³/mol. The second-order valence-electron chi connectivity index (χ2n) is 7.54. The number of hydrogen-bond donors (Lipinski definition) is 1. The molecule has 1 N–H and O–H groups in total. The summed E-state index contributed by atoms with van der Waals surface area (Å²) in [6.07, 6.45) is 4.10. The topological polar surface area (TPSA) is 60.0 Å². The third-order valence-corrected chi connectivity index (χ3v) is 7.28. The zero-order chi connectivity index (χ0) is 23.9. The number of halogens is 2. The molecule has 2 heterocycles. The lowest BCUT2D eigenvalue weighted by Gasteiger charge is -2.12. The zero-order valence-electron chi connectivity index (χ0n) is 18.9. The first kappa shape index (κ1) is 24.3. The Morgan fingerprint density at radius 3 is 2.65 bits per heavy atom. The Morgan fingerprint density at radius 1 is 0.971 bits per heavy atom. The van der Waals surface area contributed by atoms with Gasteiger partial charge in [-0.3, -0.25) is 4.98 Å². The van der Waals surface area contributed by atoms with Gasteiger partial charge < -0.3 is 14.5 Å². The summed E-state index contributed by atoms with van der Waals surface area (Å²) < 4.78 is 37.8. The van der Waals surface area contributed by atoms with Gasteiger partial charge in [0, 0.05) is 24.1 Å². The highest BCUT2D eigenvalue weighted by molar-refractivity contribution is 7.99. The highest BCUT2D eigenvalue weighted by Crippen LogP contribution is 2.35. The van der Waals surface area contributed by atoms with Crippen molar-refractivity contribution in [2.24, 2.45) is 0 Å². The molecule has 0 saturated carbocycles. The summed E-state index contributed by atoms with van der Waals surface area (Å²) in [6.45, 7) is 0. The molecular weight excluding hydrogens is 476 g/mol. The van der Waals surface area contributed by atoms with Crippen LogP contribution in [0.2, 0.25) is 0 Å². The summed E-state index contributed by atoms with van der Waals surface area (Å²) in [4.78, 5) is 13.5. The number of aryl methyl sites for hydroxylation is 1. The van der Waals surface area contributed by atoms with Gasteiger partial charge in [0.25, 0.3) is 0 Å². The average molecular weight is 502 g/mol. The van der Waals surface area contributed by atoms with Gasteiger partial charge in [0.2, 0.25) is 0 Å². The van der Waals surface area contributed by atoms with Crippen molar-refractivity contribution in [3.8, 4) is 11.5 Å². The van der Waals surface area contributed by atoms with E-state index in [1.807, 2.05) is 24.3 Å². The third-order valence-electron chi connectivity index (χ3n) is 5.27. The molecule has 178 valence electrons. The number of unbranched alkanes of at least 4 members (excludes halogenated alkanes) is 1. The summed E-state index contributed by atoms with van der Waals surface area (Å²) >= 11 is 3.25. The minimum absolute atomic E-state index is 0.478. The molecule has 0 saturated heterocycles. The zero-order valence-corrected chi connectivity index (χ0v) is 20.6. The van der Waals surface area contributed by atoms with Crippen LogP contribution in [0.25, 0.3) is 11.0 Å². The van der Waals surface area contributed by atoms with Crippen LogP contribution < -0.4 is 9.47 Å². The number of imidazole rings is 1. The van der Waals surface area contributed by atoms with Crippen LogP contribution >= 0.6 is 23.5 Å². The molecule has 4 aromatic rings. The molecular formula is C25H25F2N3O2S2. The largest absolute Gasteiger partial charge is 0.497 e. The number of aromatic nitrogens is 3. The molecule has 2 aromatic heterocycles. The summed E-state index contributed by atoms with van der Waals surface area (Å²) in [5, 5.41) is 0.804. The van der Waals surface area contributed by atoms with E-state index in [0.717, 1.165) is 62.9 Å². The van der Waals surface area contributed by atoms with E-state index < -0.39 is 11.6 Å². The van der Waals surface area contributed by atoms with E-state index in [-0.39, 0.29) is 0 Å². The fourth-order valence-electron chi connectivity index (χ4n) is 3.53. The van der Waals surface area contributed by atoms with Crippen LogP contribution in [-0.4, -0.2) is 34.9 Å². The summed E-state index contributed by atoms with van der Waals surface area (Å²) in [5.74, 6) is 2.00. The van der Waals surface area contributed by atoms with Crippen LogP contribution in [0.5, 0.6) is 11.5 Å². The van der Waals surface area contributed by atoms with Gasteiger partial charge in [0.15, 0.2) is 10.9 Å². The van der Waals surface area contributed by atoms with Gasteiger partial charge in [-0.05, 0) is 54.8 Å². The van der Waals surface area contributed by atoms with E-state index in [4.69, 9.17) is 9.47 Å². The standard InChI is InChI=1S/C25H25F2N3O2S2/c1-31-18-8-9-20-21(14-18)30-25(29-20)34-15-22-24(32-2)23(10-11-28-22)33-12-4-3-5-16-6-7-17(26)13-19(16)27/h6-11,13-14H,3-5,12,15H2,1-2H3,(H,29,30). The lowest BCUT2D eigenvalue weighted by molar-refractivity contribution is 0.398. The number of nitrogens with one attached hydrogen (secondary N) is 1. The van der Waals surface area contributed by atoms with E-state index in [0.29, 0.717) is 17.7 Å². The predicted octanol–water partition coefficient (Wildman–Crippen LogP) is 6.66. The second kappa shape index (κ2) is 11.6. The van der Waals surface area contributed by atoms with Crippen molar-refractivity contribution in [2.45, 2.75) is 35.1 Å². The molecule has 0 bridgehead atoms. The second-order valence-corrected chi connectivity index (χ2v) is 9.64. The van der Waals surface area contributed by atoms with Crippen molar-refractivity contribution < 1.29 is 18.3 Å². The highest BCUT2D eigenvalue weighted by atomic mass is 32.2. The van der Waals surface area contributed by atoms with Gasteiger partial charge in [-0.25, -0.2) is 13.8 Å². The number of H-pyrrole nitrogens is 1. The Kier molecular flexibility index (Phi) is 8.29. The number of ether oxygens (including phenoxy) is 2. The molecule has 0 amide bonds. The highest BCUT2D eigenvalue weighted by Gasteiger charge is 2.13. The maximum atomic E-state index is 13.8. The number of aromatic amines is 1. The Morgan fingerprint density at radius 2 is 1.85 bits per heavy atom. The summed E-state index contributed by atoms with van der Waals surface area (Å²) in [7, 11) is 3.29. The van der Waals surface area contributed by atoms with Gasteiger partial charge in [-0.2, -0.15) is 0 Å². The number of methoxy groups -OCH3 is 2. The van der Waals surface area contributed by atoms with E-state index in [9.17, 15) is 8.78 Å². The number of rotatable bonds is 11. The van der Waals surface area contributed by atoms with Crippen molar-refractivity contribution >= 4 is 34.6 Å². The fourth-order valence-corrected chi connectivity index (χ4v) is 5.41. The average Bonchev–Trinajstić information content (AvgIpc) is 3.25. The SMILES string of the molecule is COc1ccc2nc(SCc3nccc(SCCCCc4ccc(F)cc4F)c3OC)[nH]c2c1. The van der Waals surface area contributed by atoms with Crippen LogP contribution in [-0.2, 0) is 12.2 Å². The lowest BCUT2D eigenvalue weighted by Crippen LogP contribution is -1.97. The molecule has 0 fully saturated rings. The monoisotopic (exact) mass is 501 g/mol. The molecule has 0 spiro atoms. The molecule has 0 atom stereocenters. The van der Waals surface area contributed by atoms with Crippen LogP contribution in [0.3, 0.4) is 0 Å². The van der Waals surface area contributed by atoms with Crippen molar-refractivity contribution in [1.29, 1.82) is 0 Å². The smallest absolute Gasteiger partial charge is 0.166 e. The van der Waals surface area contributed by atoms with E-state index in [1.54, 1.807) is 43.9 Å². The molecule has 9 heteroatoms. The Balaban J connectivity index is 1.32. The fraction of sp³-hybridized carbons (Fsp3) is 0.280. The van der Waals surface area contributed by atoms with E-state index in [2.05, 4.69) is 15.0 Å². The maximum Gasteiger partial charge on any atom is 0.166 e. The lowest BCUT2D eigenvalue weighted by atomic mass is 10.1. The number of nitrogens with zero attached hydrogens (tertiary/aromatic N) is 2. The molecule has 4 rings (SSSR count). The first-order chi connectivity index (χ1) is 16.6. The molecule has 0 aliphatic carbocycles. The molecule has 0 radical (unpaired) electrons. The van der Waals surface area contributed by atoms with Crippen molar-refractivity contribution in [3.05, 3.63) is 71.6 Å². The van der Waals surface area contributed by atoms with Gasteiger partial charge in [0.1, 0.15) is 17.4 Å². The number of fused-ring (bicyclic) bond motifs is 1. The van der Waals surface area contributed by atoms with Crippen molar-refractivity contribution in [1.82, 2.24) is 15.0 Å². The van der Waals surface area contributed by atoms with Crippen LogP contribution in [0, 0.1) is 11.6 Å². The molecule has 5 nitrogen and oxygen atoms in total.